The third kappa shape index (κ3) is 2.30. The van der Waals surface area contributed by atoms with Crippen LogP contribution in [0.3, 0.4) is 0 Å². The first-order chi connectivity index (χ1) is 10.3. The third-order valence-electron chi connectivity index (χ3n) is 4.88. The molecule has 1 unspecified atom stereocenters. The highest BCUT2D eigenvalue weighted by Gasteiger charge is 2.30. The quantitative estimate of drug-likeness (QED) is 0.895. The molecule has 21 heavy (non-hydrogen) atoms. The van der Waals surface area contributed by atoms with E-state index < -0.39 is 0 Å². The molecule has 2 fully saturated rings. The topological polar surface area (TPSA) is 36.3 Å². The molecule has 0 radical (unpaired) electrons. The van der Waals surface area contributed by atoms with Crippen molar-refractivity contribution in [2.75, 3.05) is 44.2 Å². The van der Waals surface area contributed by atoms with E-state index in [0.29, 0.717) is 6.04 Å². The van der Waals surface area contributed by atoms with Gasteiger partial charge in [0.2, 0.25) is 5.95 Å². The molecule has 5 heteroatoms. The van der Waals surface area contributed by atoms with Crippen LogP contribution in [0.15, 0.2) is 24.3 Å². The van der Waals surface area contributed by atoms with Crippen molar-refractivity contribution in [2.24, 2.45) is 7.05 Å². The zero-order valence-electron chi connectivity index (χ0n) is 12.6. The van der Waals surface area contributed by atoms with Crippen LogP contribution in [0, 0.1) is 0 Å². The van der Waals surface area contributed by atoms with Crippen molar-refractivity contribution >= 4 is 17.0 Å². The lowest BCUT2D eigenvalue weighted by Gasteiger charge is -2.32. The number of hydrogen-bond acceptors (Lipinski definition) is 4. The summed E-state index contributed by atoms with van der Waals surface area (Å²) >= 11 is 0. The lowest BCUT2D eigenvalue weighted by molar-refractivity contribution is 0.185. The van der Waals surface area contributed by atoms with Crippen LogP contribution in [-0.4, -0.2) is 59.8 Å². The van der Waals surface area contributed by atoms with Crippen LogP contribution in [0.4, 0.5) is 5.95 Å². The van der Waals surface area contributed by atoms with Gasteiger partial charge in [-0.05, 0) is 18.6 Å². The molecule has 4 rings (SSSR count). The van der Waals surface area contributed by atoms with Crippen molar-refractivity contribution in [3.05, 3.63) is 24.3 Å². The van der Waals surface area contributed by atoms with E-state index in [1.807, 2.05) is 0 Å². The monoisotopic (exact) mass is 285 g/mol. The number of anilines is 1. The maximum atomic E-state index is 4.83. The molecule has 3 heterocycles. The van der Waals surface area contributed by atoms with Crippen LogP contribution in [-0.2, 0) is 7.05 Å². The van der Waals surface area contributed by atoms with Crippen molar-refractivity contribution in [3.63, 3.8) is 0 Å². The second-order valence-corrected chi connectivity index (χ2v) is 6.13. The normalized spacial score (nSPS) is 24.0. The van der Waals surface area contributed by atoms with Crippen molar-refractivity contribution in [1.29, 1.82) is 0 Å². The van der Waals surface area contributed by atoms with E-state index in [0.717, 1.165) is 37.6 Å². The predicted molar refractivity (Wildman–Crippen MR) is 85.8 cm³/mol. The van der Waals surface area contributed by atoms with Gasteiger partial charge in [-0.1, -0.05) is 12.1 Å². The van der Waals surface area contributed by atoms with Crippen LogP contribution in [0.2, 0.25) is 0 Å². The Morgan fingerprint density at radius 1 is 1.14 bits per heavy atom. The van der Waals surface area contributed by atoms with Gasteiger partial charge >= 0.3 is 0 Å². The summed E-state index contributed by atoms with van der Waals surface area (Å²) in [5, 5.41) is 3.44. The predicted octanol–water partition coefficient (Wildman–Crippen LogP) is 1.06. The molecule has 1 atom stereocenters. The van der Waals surface area contributed by atoms with Gasteiger partial charge in [0.25, 0.3) is 0 Å². The summed E-state index contributed by atoms with van der Waals surface area (Å²) in [6, 6.07) is 9.08. The molecule has 0 bridgehead atoms. The van der Waals surface area contributed by atoms with E-state index in [2.05, 4.69) is 51.0 Å². The lowest BCUT2D eigenvalue weighted by Crippen LogP contribution is -2.49. The van der Waals surface area contributed by atoms with E-state index >= 15 is 0 Å². The van der Waals surface area contributed by atoms with Crippen LogP contribution in [0.25, 0.3) is 11.0 Å². The molecule has 0 amide bonds. The fourth-order valence-electron chi connectivity index (χ4n) is 3.68. The molecule has 5 nitrogen and oxygen atoms in total. The van der Waals surface area contributed by atoms with Gasteiger partial charge in [-0.3, -0.25) is 4.90 Å². The van der Waals surface area contributed by atoms with Gasteiger partial charge in [0, 0.05) is 52.4 Å². The van der Waals surface area contributed by atoms with Gasteiger partial charge in [-0.2, -0.15) is 0 Å². The Morgan fingerprint density at radius 2 is 1.95 bits per heavy atom. The Kier molecular flexibility index (Phi) is 3.31. The van der Waals surface area contributed by atoms with Crippen LogP contribution in [0.5, 0.6) is 0 Å². The maximum absolute atomic E-state index is 4.83. The molecule has 2 aromatic rings. The van der Waals surface area contributed by atoms with Gasteiger partial charge in [0.15, 0.2) is 0 Å². The second kappa shape index (κ2) is 5.31. The van der Waals surface area contributed by atoms with E-state index in [4.69, 9.17) is 4.98 Å². The number of aryl methyl sites for hydroxylation is 1. The Bertz CT molecular complexity index is 629. The minimum atomic E-state index is 0.687. The van der Waals surface area contributed by atoms with Gasteiger partial charge in [0.05, 0.1) is 11.0 Å². The minimum absolute atomic E-state index is 0.687. The smallest absolute Gasteiger partial charge is 0.206 e. The highest BCUT2D eigenvalue weighted by molar-refractivity contribution is 5.78. The molecule has 0 aliphatic carbocycles. The molecule has 0 spiro atoms. The Morgan fingerprint density at radius 3 is 2.76 bits per heavy atom. The summed E-state index contributed by atoms with van der Waals surface area (Å²) in [6.07, 6.45) is 1.25. The summed E-state index contributed by atoms with van der Waals surface area (Å²) in [4.78, 5) is 9.92. The molecule has 1 aromatic heterocycles. The maximum Gasteiger partial charge on any atom is 0.206 e. The molecule has 112 valence electrons. The minimum Gasteiger partial charge on any atom is -0.341 e. The largest absolute Gasteiger partial charge is 0.341 e. The summed E-state index contributed by atoms with van der Waals surface area (Å²) in [5.41, 5.74) is 2.32. The number of imidazole rings is 1. The fraction of sp³-hybridized carbons (Fsp3) is 0.562. The van der Waals surface area contributed by atoms with Crippen molar-refractivity contribution in [3.8, 4) is 0 Å². The number of hydrogen-bond donors (Lipinski definition) is 1. The van der Waals surface area contributed by atoms with E-state index in [1.54, 1.807) is 0 Å². The number of para-hydroxylation sites is 2. The van der Waals surface area contributed by atoms with Gasteiger partial charge in [0.1, 0.15) is 0 Å². The summed E-state index contributed by atoms with van der Waals surface area (Å²) in [7, 11) is 2.13. The average Bonchev–Trinajstić information content (AvgIpc) is 3.14. The molecule has 2 saturated heterocycles. The highest BCUT2D eigenvalue weighted by atomic mass is 15.4. The van der Waals surface area contributed by atoms with E-state index in [-0.39, 0.29) is 0 Å². The standard InChI is InChI=1S/C16H23N5/c1-19-15-5-3-2-4-14(15)18-16(19)21-9-6-13(12-21)20-10-7-17-8-11-20/h2-5,13,17H,6-12H2,1H3. The van der Waals surface area contributed by atoms with Gasteiger partial charge in [-0.15, -0.1) is 0 Å². The van der Waals surface area contributed by atoms with Crippen LogP contribution in [0.1, 0.15) is 6.42 Å². The summed E-state index contributed by atoms with van der Waals surface area (Å²) in [5.74, 6) is 1.12. The average molecular weight is 285 g/mol. The fourth-order valence-corrected chi connectivity index (χ4v) is 3.68. The number of nitrogens with zero attached hydrogens (tertiary/aromatic N) is 4. The Balaban J connectivity index is 1.55. The first kappa shape index (κ1) is 13.1. The SMILES string of the molecule is Cn1c(N2CCC(N3CCNCC3)C2)nc2ccccc21. The van der Waals surface area contributed by atoms with Gasteiger partial charge in [-0.25, -0.2) is 4.98 Å². The molecule has 2 aliphatic heterocycles. The lowest BCUT2D eigenvalue weighted by atomic mass is 10.2. The van der Waals surface area contributed by atoms with E-state index in [9.17, 15) is 0 Å². The van der Waals surface area contributed by atoms with Crippen molar-refractivity contribution in [1.82, 2.24) is 19.8 Å². The second-order valence-electron chi connectivity index (χ2n) is 6.13. The number of nitrogens with one attached hydrogen (secondary N) is 1. The van der Waals surface area contributed by atoms with Crippen molar-refractivity contribution in [2.45, 2.75) is 12.5 Å². The third-order valence-corrected chi connectivity index (χ3v) is 4.88. The zero-order chi connectivity index (χ0) is 14.2. The number of benzene rings is 1. The van der Waals surface area contributed by atoms with Gasteiger partial charge < -0.3 is 14.8 Å². The van der Waals surface area contributed by atoms with E-state index in [1.165, 1.54) is 25.0 Å². The number of fused-ring (bicyclic) bond motifs is 1. The molecular weight excluding hydrogens is 262 g/mol. The zero-order valence-corrected chi connectivity index (χ0v) is 12.6. The van der Waals surface area contributed by atoms with Crippen LogP contribution >= 0.6 is 0 Å². The van der Waals surface area contributed by atoms with Crippen LogP contribution < -0.4 is 10.2 Å². The molecule has 1 aromatic carbocycles. The Labute approximate surface area is 125 Å². The number of aromatic nitrogens is 2. The molecular formula is C16H23N5. The molecule has 0 saturated carbocycles. The van der Waals surface area contributed by atoms with Crippen molar-refractivity contribution < 1.29 is 0 Å². The number of piperazine rings is 1. The molecule has 1 N–H and O–H groups in total. The summed E-state index contributed by atoms with van der Waals surface area (Å²) in [6.45, 7) is 6.84. The first-order valence-electron chi connectivity index (χ1n) is 7.94. The highest BCUT2D eigenvalue weighted by Crippen LogP contribution is 2.25. The summed E-state index contributed by atoms with van der Waals surface area (Å²) < 4.78 is 2.23. The number of rotatable bonds is 2. The first-order valence-corrected chi connectivity index (χ1v) is 7.94. The Hall–Kier alpha value is -1.59. The molecule has 2 aliphatic rings.